The van der Waals surface area contributed by atoms with E-state index in [-0.39, 0.29) is 18.6 Å². The highest BCUT2D eigenvalue weighted by Crippen LogP contribution is 2.20. The van der Waals surface area contributed by atoms with Crippen LogP contribution < -0.4 is 10.5 Å². The quantitative estimate of drug-likeness (QED) is 0.785. The maximum Gasteiger partial charge on any atom is 0.231 e. The number of benzene rings is 1. The molecule has 0 unspecified atom stereocenters. The largest absolute Gasteiger partial charge is 0.496 e. The number of hydrogen-bond donors (Lipinski definition) is 1. The second kappa shape index (κ2) is 8.12. The maximum absolute atomic E-state index is 10.9. The van der Waals surface area contributed by atoms with Gasteiger partial charge in [0.25, 0.3) is 0 Å². The standard InChI is InChI=1S/C16H25N3O3/c1-18(12-16(17)20)10-14-11-19(7-8-22-14)9-13-5-3-4-6-15(13)21-2/h3-6,14H,7-12H2,1-2H3,(H2,17,20)/t14-/m1/s1. The molecule has 0 spiro atoms. The average Bonchev–Trinajstić information content (AvgIpc) is 2.47. The molecule has 1 aliphatic heterocycles. The third kappa shape index (κ3) is 4.98. The zero-order chi connectivity index (χ0) is 15.9. The van der Waals surface area contributed by atoms with Crippen molar-refractivity contribution in [3.63, 3.8) is 0 Å². The van der Waals surface area contributed by atoms with Gasteiger partial charge < -0.3 is 15.2 Å². The highest BCUT2D eigenvalue weighted by molar-refractivity contribution is 5.75. The first-order valence-electron chi connectivity index (χ1n) is 7.51. The van der Waals surface area contributed by atoms with Crippen LogP contribution in [0.1, 0.15) is 5.56 Å². The Bertz CT molecular complexity index is 495. The molecule has 0 saturated carbocycles. The van der Waals surface area contributed by atoms with E-state index < -0.39 is 0 Å². The summed E-state index contributed by atoms with van der Waals surface area (Å²) in [5.41, 5.74) is 6.39. The number of likely N-dealkylation sites (N-methyl/N-ethyl adjacent to an activating group) is 1. The summed E-state index contributed by atoms with van der Waals surface area (Å²) in [6, 6.07) is 8.07. The molecule has 1 saturated heterocycles. The summed E-state index contributed by atoms with van der Waals surface area (Å²) in [7, 11) is 3.58. The molecule has 0 radical (unpaired) electrons. The van der Waals surface area contributed by atoms with Crippen LogP contribution in [-0.4, -0.2) is 68.8 Å². The Balaban J connectivity index is 1.89. The number of methoxy groups -OCH3 is 1. The highest BCUT2D eigenvalue weighted by atomic mass is 16.5. The zero-order valence-corrected chi connectivity index (χ0v) is 13.3. The third-order valence-corrected chi connectivity index (χ3v) is 3.75. The Kier molecular flexibility index (Phi) is 6.18. The number of nitrogens with two attached hydrogens (primary N) is 1. The number of nitrogens with zero attached hydrogens (tertiary/aromatic N) is 2. The molecule has 1 aromatic rings. The van der Waals surface area contributed by atoms with E-state index >= 15 is 0 Å². The monoisotopic (exact) mass is 307 g/mol. The van der Waals surface area contributed by atoms with E-state index in [0.717, 1.165) is 25.4 Å². The van der Waals surface area contributed by atoms with E-state index in [9.17, 15) is 4.79 Å². The average molecular weight is 307 g/mol. The number of hydrogen-bond acceptors (Lipinski definition) is 5. The predicted octanol–water partition coefficient (Wildman–Crippen LogP) is 0.313. The first-order valence-corrected chi connectivity index (χ1v) is 7.51. The van der Waals surface area contributed by atoms with Crippen molar-refractivity contribution in [3.8, 4) is 5.75 Å². The second-order valence-corrected chi connectivity index (χ2v) is 5.70. The molecular weight excluding hydrogens is 282 g/mol. The molecule has 1 aliphatic rings. The lowest BCUT2D eigenvalue weighted by Crippen LogP contribution is -2.47. The molecule has 2 rings (SSSR count). The highest BCUT2D eigenvalue weighted by Gasteiger charge is 2.22. The Hall–Kier alpha value is -1.63. The summed E-state index contributed by atoms with van der Waals surface area (Å²) in [5.74, 6) is 0.598. The molecular formula is C16H25N3O3. The summed E-state index contributed by atoms with van der Waals surface area (Å²) in [5, 5.41) is 0. The minimum absolute atomic E-state index is 0.0906. The van der Waals surface area contributed by atoms with Gasteiger partial charge in [0.15, 0.2) is 0 Å². The number of carbonyl (C=O) groups excluding carboxylic acids is 1. The molecule has 1 aromatic carbocycles. The fourth-order valence-corrected chi connectivity index (χ4v) is 2.79. The molecule has 1 fully saturated rings. The molecule has 0 aliphatic carbocycles. The van der Waals surface area contributed by atoms with Crippen molar-refractivity contribution in [2.75, 3.05) is 46.9 Å². The van der Waals surface area contributed by atoms with Gasteiger partial charge in [0.2, 0.25) is 5.91 Å². The van der Waals surface area contributed by atoms with Gasteiger partial charge in [-0.1, -0.05) is 18.2 Å². The van der Waals surface area contributed by atoms with Gasteiger partial charge in [0.05, 0.1) is 26.4 Å². The van der Waals surface area contributed by atoms with Crippen LogP contribution in [0.4, 0.5) is 0 Å². The van der Waals surface area contributed by atoms with Crippen molar-refractivity contribution in [1.29, 1.82) is 0 Å². The van der Waals surface area contributed by atoms with Crippen LogP contribution in [-0.2, 0) is 16.1 Å². The normalized spacial score (nSPS) is 19.3. The van der Waals surface area contributed by atoms with Gasteiger partial charge in [-0.3, -0.25) is 14.6 Å². The van der Waals surface area contributed by atoms with Gasteiger partial charge in [-0.25, -0.2) is 0 Å². The molecule has 2 N–H and O–H groups in total. The van der Waals surface area contributed by atoms with Gasteiger partial charge in [0.1, 0.15) is 5.75 Å². The van der Waals surface area contributed by atoms with Crippen molar-refractivity contribution < 1.29 is 14.3 Å². The SMILES string of the molecule is COc1ccccc1CN1CCO[C@H](CN(C)CC(N)=O)C1. The molecule has 1 amide bonds. The Morgan fingerprint density at radius 1 is 1.50 bits per heavy atom. The number of rotatable bonds is 7. The van der Waals surface area contributed by atoms with E-state index in [1.807, 2.05) is 30.1 Å². The lowest BCUT2D eigenvalue weighted by atomic mass is 10.1. The van der Waals surface area contributed by atoms with Crippen LogP contribution in [0, 0.1) is 0 Å². The molecule has 1 heterocycles. The van der Waals surface area contributed by atoms with Crippen molar-refractivity contribution in [2.24, 2.45) is 5.73 Å². The smallest absolute Gasteiger partial charge is 0.231 e. The predicted molar refractivity (Wildman–Crippen MR) is 84.7 cm³/mol. The van der Waals surface area contributed by atoms with Crippen LogP contribution >= 0.6 is 0 Å². The van der Waals surface area contributed by atoms with E-state index in [1.165, 1.54) is 5.56 Å². The Morgan fingerprint density at radius 3 is 3.00 bits per heavy atom. The fourth-order valence-electron chi connectivity index (χ4n) is 2.79. The molecule has 122 valence electrons. The van der Waals surface area contributed by atoms with Crippen LogP contribution in [0.15, 0.2) is 24.3 Å². The van der Waals surface area contributed by atoms with Crippen LogP contribution in [0.5, 0.6) is 5.75 Å². The van der Waals surface area contributed by atoms with Crippen LogP contribution in [0.3, 0.4) is 0 Å². The third-order valence-electron chi connectivity index (χ3n) is 3.75. The van der Waals surface area contributed by atoms with Crippen molar-refractivity contribution in [3.05, 3.63) is 29.8 Å². The van der Waals surface area contributed by atoms with E-state index in [0.29, 0.717) is 13.2 Å². The molecule has 0 bridgehead atoms. The molecule has 22 heavy (non-hydrogen) atoms. The molecule has 6 heteroatoms. The topological polar surface area (TPSA) is 68.0 Å². The van der Waals surface area contributed by atoms with Crippen LogP contribution in [0.25, 0.3) is 0 Å². The number of carbonyl (C=O) groups is 1. The summed E-state index contributed by atoms with van der Waals surface area (Å²) in [6.45, 7) is 4.22. The van der Waals surface area contributed by atoms with Crippen molar-refractivity contribution in [1.82, 2.24) is 9.80 Å². The van der Waals surface area contributed by atoms with Gasteiger partial charge in [-0.15, -0.1) is 0 Å². The van der Waals surface area contributed by atoms with Gasteiger partial charge in [-0.05, 0) is 13.1 Å². The van der Waals surface area contributed by atoms with E-state index in [4.69, 9.17) is 15.2 Å². The second-order valence-electron chi connectivity index (χ2n) is 5.70. The number of morpholine rings is 1. The first kappa shape index (κ1) is 16.7. The van der Waals surface area contributed by atoms with Crippen molar-refractivity contribution >= 4 is 5.91 Å². The summed E-state index contributed by atoms with van der Waals surface area (Å²) in [6.07, 6.45) is 0.0906. The van der Waals surface area contributed by atoms with E-state index in [2.05, 4.69) is 11.0 Å². The minimum atomic E-state index is -0.316. The first-order chi connectivity index (χ1) is 10.6. The Morgan fingerprint density at radius 2 is 2.27 bits per heavy atom. The fraction of sp³-hybridized carbons (Fsp3) is 0.562. The maximum atomic E-state index is 10.9. The van der Waals surface area contributed by atoms with Crippen LogP contribution in [0.2, 0.25) is 0 Å². The molecule has 1 atom stereocenters. The zero-order valence-electron chi connectivity index (χ0n) is 13.3. The van der Waals surface area contributed by atoms with E-state index in [1.54, 1.807) is 7.11 Å². The summed E-state index contributed by atoms with van der Waals surface area (Å²) in [4.78, 5) is 15.2. The summed E-state index contributed by atoms with van der Waals surface area (Å²) >= 11 is 0. The van der Waals surface area contributed by atoms with Gasteiger partial charge >= 0.3 is 0 Å². The Labute approximate surface area is 131 Å². The molecule has 0 aromatic heterocycles. The van der Waals surface area contributed by atoms with Gasteiger partial charge in [0, 0.05) is 31.7 Å². The minimum Gasteiger partial charge on any atom is -0.496 e. The number of amides is 1. The summed E-state index contributed by atoms with van der Waals surface area (Å²) < 4.78 is 11.2. The van der Waals surface area contributed by atoms with Gasteiger partial charge in [-0.2, -0.15) is 0 Å². The van der Waals surface area contributed by atoms with Crippen molar-refractivity contribution in [2.45, 2.75) is 12.6 Å². The number of para-hydroxylation sites is 1. The lowest BCUT2D eigenvalue weighted by molar-refractivity contribution is -0.119. The molecule has 6 nitrogen and oxygen atoms in total. The number of ether oxygens (including phenoxy) is 2. The lowest BCUT2D eigenvalue weighted by Gasteiger charge is -2.34. The number of primary amides is 1.